The molecule has 0 aromatic carbocycles. The number of hydrogen-bond acceptors (Lipinski definition) is 25. The molecule has 0 aromatic heterocycles. The molecule has 17 amide bonds. The zero-order valence-electron chi connectivity index (χ0n) is 73.6. The monoisotopic (exact) mass is 1790 g/mol. The van der Waals surface area contributed by atoms with E-state index in [1.807, 2.05) is 13.8 Å². The first-order chi connectivity index (χ1) is 56.3. The molecule has 0 saturated carbocycles. The quantitative estimate of drug-likeness (QED) is 0.0268. The zero-order valence-corrected chi connectivity index (χ0v) is 77.1. The van der Waals surface area contributed by atoms with E-state index in [1.54, 1.807) is 109 Å². The van der Waals surface area contributed by atoms with E-state index in [9.17, 15) is 102 Å². The highest BCUT2D eigenvalue weighted by molar-refractivity contribution is 7.98. The highest BCUT2D eigenvalue weighted by atomic mass is 32.2. The number of aliphatic hydroxyl groups excluding tert-OH is 2. The largest absolute Gasteiger partial charge is 0.480 e. The van der Waals surface area contributed by atoms with Crippen LogP contribution in [0.15, 0.2) is 0 Å². The van der Waals surface area contributed by atoms with Crippen LogP contribution in [-0.4, -0.2) is 280 Å². The number of carboxylic acid groups (broad SMARTS) is 1. The van der Waals surface area contributed by atoms with Crippen LogP contribution in [0.1, 0.15) is 176 Å². The Labute approximate surface area is 730 Å². The Hall–Kier alpha value is -8.26. The summed E-state index contributed by atoms with van der Waals surface area (Å²) in [6.45, 7) is 27.4. The topological polar surface area (TPSA) is 598 Å². The van der Waals surface area contributed by atoms with Crippen LogP contribution in [0.25, 0.3) is 0 Å². The van der Waals surface area contributed by atoms with E-state index in [1.165, 1.54) is 37.4 Å². The molecule has 0 bridgehead atoms. The molecule has 692 valence electrons. The van der Waals surface area contributed by atoms with Gasteiger partial charge >= 0.3 is 5.97 Å². The second-order valence-corrected chi connectivity index (χ2v) is 35.9. The van der Waals surface area contributed by atoms with E-state index in [-0.39, 0.29) is 104 Å². The van der Waals surface area contributed by atoms with Gasteiger partial charge in [-0.25, -0.2) is 4.79 Å². The Morgan fingerprint density at radius 2 is 0.521 bits per heavy atom. The van der Waals surface area contributed by atoms with Crippen molar-refractivity contribution < 1.29 is 102 Å². The van der Waals surface area contributed by atoms with Gasteiger partial charge in [0, 0.05) is 11.5 Å². The number of rotatable bonds is 59. The molecule has 0 spiro atoms. The molecule has 0 saturated heterocycles. The van der Waals surface area contributed by atoms with Crippen molar-refractivity contribution in [2.24, 2.45) is 53.1 Å². The number of thiol groups is 2. The SMILES string of the molecule is CSCC[C@H](NC(=O)[C@@H](NC(=O)[C@H](CC(C)C)NC(=O)[C@H](CC(C)C)NC(=O)CNC(=O)CNC(=O)[C@H](CC(C)C)NC(=O)[C@H](CS)NC(=O)[C@@H](NC(=O)[C@H](CCSC)NC(=O)[C@@H](NC(=O)[C@H](CC(C)C)NC(=O)[C@H](CC(C)C)NC(=O)CNC(=O)CNC(=O)[C@H](CC(C)C)NC(=O)[C@@H](N)CS)[C@@H](C)O)C(C)C)[C@@H](C)O)C(=O)N[C@H](C(=O)O)C(C)C. The van der Waals surface area contributed by atoms with Crippen LogP contribution in [-0.2, 0) is 86.3 Å². The van der Waals surface area contributed by atoms with Crippen molar-refractivity contribution in [1.82, 2.24) is 90.4 Å². The molecule has 0 aliphatic heterocycles. The van der Waals surface area contributed by atoms with Gasteiger partial charge in [-0.05, 0) is 137 Å². The van der Waals surface area contributed by atoms with Gasteiger partial charge in [-0.3, -0.25) is 81.5 Å². The maximum atomic E-state index is 14.3. The van der Waals surface area contributed by atoms with Crippen LogP contribution in [0.2, 0.25) is 0 Å². The van der Waals surface area contributed by atoms with Crippen LogP contribution in [0.5, 0.6) is 0 Å². The van der Waals surface area contributed by atoms with Crippen molar-refractivity contribution in [3.63, 3.8) is 0 Å². The summed E-state index contributed by atoms with van der Waals surface area (Å²) in [5.41, 5.74) is 5.75. The van der Waals surface area contributed by atoms with Crippen LogP contribution in [0.3, 0.4) is 0 Å². The summed E-state index contributed by atoms with van der Waals surface area (Å²) in [4.78, 5) is 244. The van der Waals surface area contributed by atoms with E-state index in [2.05, 4.69) is 116 Å². The molecule has 22 N–H and O–H groups in total. The van der Waals surface area contributed by atoms with Gasteiger partial charge in [-0.2, -0.15) is 48.8 Å². The number of nitrogens with one attached hydrogen (secondary N) is 17. The molecule has 0 radical (unpaired) electrons. The number of amides is 17. The minimum Gasteiger partial charge on any atom is -0.480 e. The lowest BCUT2D eigenvalue weighted by molar-refractivity contribution is -0.143. The number of carbonyl (C=O) groups excluding carboxylic acids is 17. The van der Waals surface area contributed by atoms with E-state index in [0.29, 0.717) is 5.75 Å². The Morgan fingerprint density at radius 3 is 0.802 bits per heavy atom. The van der Waals surface area contributed by atoms with Gasteiger partial charge in [-0.15, -0.1) is 0 Å². The number of thioether (sulfide) groups is 2. The number of hydrogen-bond donors (Lipinski definition) is 23. The third kappa shape index (κ3) is 45.6. The first-order valence-electron chi connectivity index (χ1n) is 40.9. The van der Waals surface area contributed by atoms with E-state index >= 15 is 0 Å². The molecular weight excluding hydrogens is 1650 g/mol. The van der Waals surface area contributed by atoms with Gasteiger partial charge in [-0.1, -0.05) is 111 Å². The summed E-state index contributed by atoms with van der Waals surface area (Å²) in [5, 5.41) is 74.3. The smallest absolute Gasteiger partial charge is 0.326 e. The third-order valence-corrected chi connectivity index (χ3v) is 20.3. The molecule has 0 fully saturated rings. The molecule has 0 rings (SSSR count). The Morgan fingerprint density at radius 1 is 0.281 bits per heavy atom. The van der Waals surface area contributed by atoms with Crippen LogP contribution in [0, 0.1) is 47.3 Å². The maximum Gasteiger partial charge on any atom is 0.326 e. The van der Waals surface area contributed by atoms with Crippen molar-refractivity contribution in [3.8, 4) is 0 Å². The number of aliphatic hydroxyl groups is 2. The van der Waals surface area contributed by atoms with Gasteiger partial charge in [0.1, 0.15) is 78.5 Å². The van der Waals surface area contributed by atoms with Gasteiger partial charge in [0.05, 0.1) is 44.4 Å². The lowest BCUT2D eigenvalue weighted by Crippen LogP contribution is -2.62. The van der Waals surface area contributed by atoms with Crippen molar-refractivity contribution >= 4 is 155 Å². The summed E-state index contributed by atoms with van der Waals surface area (Å²) in [6.07, 6.45) is 0.709. The Balaban J connectivity index is 6.33. The summed E-state index contributed by atoms with van der Waals surface area (Å²) in [5.74, 6) is -17.7. The molecule has 0 unspecified atom stereocenters. The predicted octanol–water partition coefficient (Wildman–Crippen LogP) is -3.12. The zero-order chi connectivity index (χ0) is 93.0. The summed E-state index contributed by atoms with van der Waals surface area (Å²) < 4.78 is 0. The molecule has 0 heterocycles. The number of carboxylic acids is 1. The number of nitrogens with two attached hydrogens (primary N) is 1. The molecule has 121 heavy (non-hydrogen) atoms. The molecular formula is C78H140N18O21S4. The fourth-order valence-electron chi connectivity index (χ4n) is 11.8. The fourth-order valence-corrected chi connectivity index (χ4v) is 13.2. The van der Waals surface area contributed by atoms with Crippen LogP contribution >= 0.6 is 48.8 Å². The second-order valence-electron chi connectivity index (χ2n) is 33.2. The lowest BCUT2D eigenvalue weighted by atomic mass is 9.99. The van der Waals surface area contributed by atoms with Gasteiger partial charge in [0.2, 0.25) is 100 Å². The lowest BCUT2D eigenvalue weighted by Gasteiger charge is -2.30. The molecule has 0 aliphatic carbocycles. The maximum absolute atomic E-state index is 14.3. The first-order valence-corrected chi connectivity index (χ1v) is 45.0. The van der Waals surface area contributed by atoms with E-state index in [0.717, 1.165) is 0 Å². The molecule has 0 aromatic rings. The van der Waals surface area contributed by atoms with E-state index in [4.69, 9.17) is 5.73 Å². The van der Waals surface area contributed by atoms with Crippen LogP contribution in [0.4, 0.5) is 0 Å². The summed E-state index contributed by atoms with van der Waals surface area (Å²) in [7, 11) is 0. The normalized spacial score (nSPS) is 15.4. The molecule has 43 heteroatoms. The second kappa shape index (κ2) is 58.7. The molecule has 16 atom stereocenters. The van der Waals surface area contributed by atoms with Gasteiger partial charge in [0.15, 0.2) is 0 Å². The van der Waals surface area contributed by atoms with Crippen molar-refractivity contribution in [2.75, 3.05) is 61.7 Å². The Bertz CT molecular complexity index is 3410. The van der Waals surface area contributed by atoms with Crippen LogP contribution < -0.4 is 96.1 Å². The number of aliphatic carboxylic acids is 1. The predicted molar refractivity (Wildman–Crippen MR) is 466 cm³/mol. The highest BCUT2D eigenvalue weighted by Gasteiger charge is 2.40. The number of carbonyl (C=O) groups is 18. The highest BCUT2D eigenvalue weighted by Crippen LogP contribution is 2.16. The Kier molecular flexibility index (Phi) is 54.7. The van der Waals surface area contributed by atoms with Gasteiger partial charge in [0.25, 0.3) is 0 Å². The van der Waals surface area contributed by atoms with Gasteiger partial charge < -0.3 is 111 Å². The fraction of sp³-hybridized carbons (Fsp3) is 0.769. The third-order valence-electron chi connectivity index (χ3n) is 18.3. The van der Waals surface area contributed by atoms with Crippen molar-refractivity contribution in [1.29, 1.82) is 0 Å². The summed E-state index contributed by atoms with van der Waals surface area (Å²) >= 11 is 11.0. The molecule has 0 aliphatic rings. The van der Waals surface area contributed by atoms with Crippen molar-refractivity contribution in [2.45, 2.75) is 273 Å². The minimum absolute atomic E-state index is 0.00705. The summed E-state index contributed by atoms with van der Waals surface area (Å²) in [6, 6.07) is -18.7. The standard InChI is InChI=1S/C78H140N18O21S4/c1-37(2)25-50(88-65(103)47(79)35-118)66(104)82-31-57(99)80-33-59(101)84-52(27-39(5)6)70(108)90-54(29-41(9)10)72(110)95-63(45(17)97)76(114)86-48(21-23-120-19)68(106)93-61(43(13)14)75(113)92-56(36-119)74(112)89-51(26-38(3)4)67(105)83-32-58(100)81-34-60(102)85-53(28-40(7)8)71(109)91-55(30-42(11)12)73(111)96-64(46(18)98)77(115)87-49(22-24-121-20)69(107)94-62(44(15)16)78(116)117/h37-56,61-64,97-98,118-119H,21-36,79H2,1-20H3,(H,80,99)(H,81,100)(H,82,104)(H,83,105)(H,84,101)(H,85,102)(H,86,114)(H,87,115)(H,88,103)(H,89,112)(H,90,108)(H,91,109)(H,92,113)(H,93,106)(H,94,107)(H,95,110)(H,96,111)(H,116,117)/t45-,46-,47+,48+,49+,50+,51+,52+,53+,54+,55+,56+,61+,62+,63+,64+/m1/s1. The average Bonchev–Trinajstić information content (AvgIpc) is 0.850. The average molecular weight is 1790 g/mol. The first kappa shape index (κ1) is 113. The van der Waals surface area contributed by atoms with E-state index < -0.39 is 241 Å². The minimum atomic E-state index is -1.74. The van der Waals surface area contributed by atoms with Crippen molar-refractivity contribution in [3.05, 3.63) is 0 Å². The molecule has 39 nitrogen and oxygen atoms in total.